The van der Waals surface area contributed by atoms with Crippen molar-refractivity contribution in [1.82, 2.24) is 10.2 Å². The number of nitrogens with zero attached hydrogens (tertiary/aromatic N) is 1. The Kier molecular flexibility index (Phi) is 6.65. The Morgan fingerprint density at radius 2 is 2.09 bits per heavy atom. The van der Waals surface area contributed by atoms with Crippen molar-refractivity contribution in [2.24, 2.45) is 5.92 Å². The molecule has 0 aliphatic carbocycles. The van der Waals surface area contributed by atoms with Crippen LogP contribution in [0.1, 0.15) is 25.7 Å². The molecule has 4 nitrogen and oxygen atoms in total. The lowest BCUT2D eigenvalue weighted by Gasteiger charge is -2.23. The van der Waals surface area contributed by atoms with E-state index in [1.807, 2.05) is 0 Å². The van der Waals surface area contributed by atoms with Crippen molar-refractivity contribution in [3.63, 3.8) is 0 Å². The van der Waals surface area contributed by atoms with Crippen molar-refractivity contribution in [1.29, 1.82) is 0 Å². The van der Waals surface area contributed by atoms with Crippen LogP contribution in [-0.4, -0.2) is 44.1 Å². The number of piperidine rings is 1. The van der Waals surface area contributed by atoms with Crippen molar-refractivity contribution in [3.05, 3.63) is 30.1 Å². The Bertz CT molecular complexity index is 475. The quantitative estimate of drug-likeness (QED) is 0.841. The van der Waals surface area contributed by atoms with Gasteiger partial charge in [0, 0.05) is 13.5 Å². The first-order chi connectivity index (χ1) is 10.7. The highest BCUT2D eigenvalue weighted by Gasteiger charge is 2.16. The van der Waals surface area contributed by atoms with Crippen LogP contribution in [0.2, 0.25) is 0 Å². The average Bonchev–Trinajstić information content (AvgIpc) is 2.55. The van der Waals surface area contributed by atoms with Crippen LogP contribution < -0.4 is 10.1 Å². The molecule has 1 heterocycles. The standard InChI is InChI=1S/C17H25FN2O2/c1-20(12-13-22-16-5-3-2-4-15(16)18)17(21)7-6-14-8-10-19-11-9-14/h2-5,14,19H,6-13H2,1H3. The average molecular weight is 308 g/mol. The van der Waals surface area contributed by atoms with E-state index in [1.54, 1.807) is 30.1 Å². The molecule has 0 aromatic heterocycles. The van der Waals surface area contributed by atoms with E-state index in [1.165, 1.54) is 6.07 Å². The maximum Gasteiger partial charge on any atom is 0.222 e. The highest BCUT2D eigenvalue weighted by atomic mass is 19.1. The molecule has 1 saturated heterocycles. The lowest BCUT2D eigenvalue weighted by atomic mass is 9.93. The topological polar surface area (TPSA) is 41.6 Å². The first kappa shape index (κ1) is 16.7. The fraction of sp³-hybridized carbons (Fsp3) is 0.588. The van der Waals surface area contributed by atoms with Crippen molar-refractivity contribution >= 4 is 5.91 Å². The fourth-order valence-electron chi connectivity index (χ4n) is 2.67. The number of amides is 1. The first-order valence-electron chi connectivity index (χ1n) is 7.99. The zero-order valence-electron chi connectivity index (χ0n) is 13.2. The normalized spacial score (nSPS) is 15.5. The maximum absolute atomic E-state index is 13.4. The number of carbonyl (C=O) groups excluding carboxylic acids is 1. The van der Waals surface area contributed by atoms with Crippen molar-refractivity contribution in [2.75, 3.05) is 33.3 Å². The molecule has 0 unspecified atom stereocenters. The molecule has 122 valence electrons. The molecule has 1 aliphatic heterocycles. The van der Waals surface area contributed by atoms with Gasteiger partial charge in [0.15, 0.2) is 11.6 Å². The van der Waals surface area contributed by atoms with Gasteiger partial charge in [0.05, 0.1) is 6.54 Å². The number of hydrogen-bond donors (Lipinski definition) is 1. The summed E-state index contributed by atoms with van der Waals surface area (Å²) in [6.07, 6.45) is 3.86. The van der Waals surface area contributed by atoms with Crippen molar-refractivity contribution < 1.29 is 13.9 Å². The molecule has 0 saturated carbocycles. The fourth-order valence-corrected chi connectivity index (χ4v) is 2.67. The summed E-state index contributed by atoms with van der Waals surface area (Å²) >= 11 is 0. The summed E-state index contributed by atoms with van der Waals surface area (Å²) in [5.41, 5.74) is 0. The van der Waals surface area contributed by atoms with Gasteiger partial charge in [-0.05, 0) is 50.4 Å². The molecule has 1 fully saturated rings. The second kappa shape index (κ2) is 8.73. The van der Waals surface area contributed by atoms with E-state index in [0.717, 1.165) is 32.4 Å². The van der Waals surface area contributed by atoms with Crippen LogP contribution >= 0.6 is 0 Å². The lowest BCUT2D eigenvalue weighted by molar-refractivity contribution is -0.130. The summed E-state index contributed by atoms with van der Waals surface area (Å²) in [7, 11) is 1.77. The Labute approximate surface area is 131 Å². The zero-order valence-corrected chi connectivity index (χ0v) is 13.2. The Hall–Kier alpha value is -1.62. The molecule has 1 amide bonds. The van der Waals surface area contributed by atoms with Crippen molar-refractivity contribution in [3.8, 4) is 5.75 Å². The third-order valence-electron chi connectivity index (χ3n) is 4.17. The van der Waals surface area contributed by atoms with Gasteiger partial charge in [0.1, 0.15) is 6.61 Å². The van der Waals surface area contributed by atoms with E-state index >= 15 is 0 Å². The van der Waals surface area contributed by atoms with Gasteiger partial charge < -0.3 is 15.0 Å². The van der Waals surface area contributed by atoms with Crippen LogP contribution in [0.3, 0.4) is 0 Å². The van der Waals surface area contributed by atoms with Crippen LogP contribution in [0.25, 0.3) is 0 Å². The second-order valence-electron chi connectivity index (χ2n) is 5.83. The van der Waals surface area contributed by atoms with E-state index in [4.69, 9.17) is 4.74 Å². The molecular weight excluding hydrogens is 283 g/mol. The van der Waals surface area contributed by atoms with Gasteiger partial charge >= 0.3 is 0 Å². The number of halogens is 1. The molecule has 22 heavy (non-hydrogen) atoms. The Morgan fingerprint density at radius 1 is 1.36 bits per heavy atom. The third-order valence-corrected chi connectivity index (χ3v) is 4.17. The highest BCUT2D eigenvalue weighted by Crippen LogP contribution is 2.18. The summed E-state index contributed by atoms with van der Waals surface area (Å²) in [6, 6.07) is 6.31. The van der Waals surface area contributed by atoms with Gasteiger partial charge in [-0.2, -0.15) is 0 Å². The summed E-state index contributed by atoms with van der Waals surface area (Å²) in [5.74, 6) is 0.657. The summed E-state index contributed by atoms with van der Waals surface area (Å²) in [5, 5.41) is 3.33. The smallest absolute Gasteiger partial charge is 0.222 e. The van der Waals surface area contributed by atoms with Gasteiger partial charge in [-0.1, -0.05) is 12.1 Å². The third kappa shape index (κ3) is 5.30. The molecule has 1 aromatic carbocycles. The Morgan fingerprint density at radius 3 is 2.82 bits per heavy atom. The number of ether oxygens (including phenoxy) is 1. The number of hydrogen-bond acceptors (Lipinski definition) is 3. The van der Waals surface area contributed by atoms with Gasteiger partial charge in [0.2, 0.25) is 5.91 Å². The number of rotatable bonds is 7. The molecule has 1 aromatic rings. The number of carbonyl (C=O) groups is 1. The van der Waals surface area contributed by atoms with Crippen LogP contribution in [-0.2, 0) is 4.79 Å². The first-order valence-corrected chi connectivity index (χ1v) is 7.99. The molecule has 0 atom stereocenters. The summed E-state index contributed by atoms with van der Waals surface area (Å²) in [4.78, 5) is 13.7. The van der Waals surface area contributed by atoms with Gasteiger partial charge in [-0.3, -0.25) is 4.79 Å². The highest BCUT2D eigenvalue weighted by molar-refractivity contribution is 5.75. The molecule has 5 heteroatoms. The molecule has 2 rings (SSSR count). The zero-order chi connectivity index (χ0) is 15.8. The number of para-hydroxylation sites is 1. The second-order valence-corrected chi connectivity index (χ2v) is 5.83. The van der Waals surface area contributed by atoms with Gasteiger partial charge in [-0.15, -0.1) is 0 Å². The maximum atomic E-state index is 13.4. The minimum atomic E-state index is -0.373. The number of benzene rings is 1. The molecular formula is C17H25FN2O2. The van der Waals surface area contributed by atoms with Crippen LogP contribution in [0, 0.1) is 11.7 Å². The van der Waals surface area contributed by atoms with E-state index in [9.17, 15) is 9.18 Å². The molecule has 1 N–H and O–H groups in total. The minimum absolute atomic E-state index is 0.135. The lowest BCUT2D eigenvalue weighted by Crippen LogP contribution is -2.32. The van der Waals surface area contributed by atoms with Crippen molar-refractivity contribution in [2.45, 2.75) is 25.7 Å². The van der Waals surface area contributed by atoms with Crippen LogP contribution in [0.5, 0.6) is 5.75 Å². The molecule has 0 bridgehead atoms. The van der Waals surface area contributed by atoms with Crippen LogP contribution in [0.4, 0.5) is 4.39 Å². The van der Waals surface area contributed by atoms with E-state index < -0.39 is 0 Å². The molecule has 0 radical (unpaired) electrons. The molecule has 0 spiro atoms. The van der Waals surface area contributed by atoms with E-state index in [0.29, 0.717) is 25.5 Å². The van der Waals surface area contributed by atoms with E-state index in [-0.39, 0.29) is 17.5 Å². The predicted octanol–water partition coefficient (Wildman–Crippen LogP) is 2.44. The summed E-state index contributed by atoms with van der Waals surface area (Å²) in [6.45, 7) is 2.90. The number of likely N-dealkylation sites (N-methyl/N-ethyl adjacent to an activating group) is 1. The molecule has 1 aliphatic rings. The number of nitrogens with one attached hydrogen (secondary N) is 1. The predicted molar refractivity (Wildman–Crippen MR) is 84.4 cm³/mol. The van der Waals surface area contributed by atoms with E-state index in [2.05, 4.69) is 5.32 Å². The largest absolute Gasteiger partial charge is 0.489 e. The Balaban J connectivity index is 1.64. The summed E-state index contributed by atoms with van der Waals surface area (Å²) < 4.78 is 18.8. The van der Waals surface area contributed by atoms with Gasteiger partial charge in [0.25, 0.3) is 0 Å². The SMILES string of the molecule is CN(CCOc1ccccc1F)C(=O)CCC1CCNCC1. The van der Waals surface area contributed by atoms with Gasteiger partial charge in [-0.25, -0.2) is 4.39 Å². The van der Waals surface area contributed by atoms with Crippen LogP contribution in [0.15, 0.2) is 24.3 Å². The monoisotopic (exact) mass is 308 g/mol. The minimum Gasteiger partial charge on any atom is -0.489 e.